The minimum atomic E-state index is -0.367. The van der Waals surface area contributed by atoms with E-state index in [0.717, 1.165) is 17.0 Å². The van der Waals surface area contributed by atoms with Crippen molar-refractivity contribution < 1.29 is 14.3 Å². The topological polar surface area (TPSA) is 47.6 Å². The van der Waals surface area contributed by atoms with Crippen molar-refractivity contribution in [2.75, 3.05) is 19.5 Å². The highest BCUT2D eigenvalue weighted by molar-refractivity contribution is 6.31. The molecule has 2 aromatic rings. The molecule has 5 heteroatoms. The number of nitrogens with one attached hydrogen (secondary N) is 1. The van der Waals surface area contributed by atoms with Gasteiger partial charge in [0.15, 0.2) is 0 Å². The number of ether oxygens (including phenoxy) is 2. The number of esters is 1. The summed E-state index contributed by atoms with van der Waals surface area (Å²) in [6.07, 6.45) is 0. The molecule has 0 saturated heterocycles. The van der Waals surface area contributed by atoms with Gasteiger partial charge in [-0.05, 0) is 30.3 Å². The fourth-order valence-electron chi connectivity index (χ4n) is 1.97. The average molecular weight is 306 g/mol. The molecule has 0 saturated carbocycles. The van der Waals surface area contributed by atoms with E-state index in [2.05, 4.69) is 5.32 Å². The molecule has 0 aliphatic carbocycles. The molecule has 0 aromatic heterocycles. The van der Waals surface area contributed by atoms with Crippen LogP contribution in [0.15, 0.2) is 42.5 Å². The van der Waals surface area contributed by atoms with Gasteiger partial charge in [-0.1, -0.05) is 23.7 Å². The first-order chi connectivity index (χ1) is 10.2. The Morgan fingerprint density at radius 2 is 1.95 bits per heavy atom. The number of benzene rings is 2. The maximum atomic E-state index is 11.5. The van der Waals surface area contributed by atoms with Crippen LogP contribution in [-0.2, 0) is 11.3 Å². The number of halogens is 1. The summed E-state index contributed by atoms with van der Waals surface area (Å²) in [5.74, 6) is 0.355. The third-order valence-corrected chi connectivity index (χ3v) is 3.40. The Morgan fingerprint density at radius 1 is 1.19 bits per heavy atom. The lowest BCUT2D eigenvalue weighted by atomic mass is 10.1. The number of methoxy groups -OCH3 is 2. The summed E-state index contributed by atoms with van der Waals surface area (Å²) in [5.41, 5.74) is 2.17. The first kappa shape index (κ1) is 15.2. The van der Waals surface area contributed by atoms with Gasteiger partial charge in [-0.3, -0.25) is 0 Å². The molecule has 0 bridgehead atoms. The smallest absolute Gasteiger partial charge is 0.337 e. The summed E-state index contributed by atoms with van der Waals surface area (Å²) in [4.78, 5) is 11.5. The minimum Gasteiger partial charge on any atom is -0.496 e. The van der Waals surface area contributed by atoms with E-state index in [0.29, 0.717) is 17.1 Å². The molecule has 110 valence electrons. The van der Waals surface area contributed by atoms with Crippen LogP contribution in [0.4, 0.5) is 5.69 Å². The van der Waals surface area contributed by atoms with Crippen molar-refractivity contribution in [1.29, 1.82) is 0 Å². The molecule has 1 N–H and O–H groups in total. The van der Waals surface area contributed by atoms with E-state index in [-0.39, 0.29) is 5.97 Å². The summed E-state index contributed by atoms with van der Waals surface area (Å²) in [6.45, 7) is 0.494. The molecule has 0 aliphatic heterocycles. The Labute approximate surface area is 128 Å². The van der Waals surface area contributed by atoms with Gasteiger partial charge in [-0.25, -0.2) is 4.79 Å². The van der Waals surface area contributed by atoms with E-state index < -0.39 is 0 Å². The minimum absolute atomic E-state index is 0.367. The molecule has 0 aliphatic rings. The van der Waals surface area contributed by atoms with Crippen LogP contribution < -0.4 is 10.1 Å². The molecule has 0 atom stereocenters. The van der Waals surface area contributed by atoms with Crippen molar-refractivity contribution in [1.82, 2.24) is 0 Å². The summed E-state index contributed by atoms with van der Waals surface area (Å²) < 4.78 is 10.00. The van der Waals surface area contributed by atoms with Crippen LogP contribution in [0.1, 0.15) is 15.9 Å². The SMILES string of the molecule is COC(=O)c1cccc(NCc2c(Cl)cccc2OC)c1. The van der Waals surface area contributed by atoms with Crippen LogP contribution in [0.2, 0.25) is 5.02 Å². The van der Waals surface area contributed by atoms with Crippen molar-refractivity contribution >= 4 is 23.3 Å². The summed E-state index contributed by atoms with van der Waals surface area (Å²) in [5, 5.41) is 3.85. The molecule has 2 aromatic carbocycles. The number of hydrogen-bond donors (Lipinski definition) is 1. The monoisotopic (exact) mass is 305 g/mol. The van der Waals surface area contributed by atoms with Crippen LogP contribution in [0.25, 0.3) is 0 Å². The van der Waals surface area contributed by atoms with E-state index >= 15 is 0 Å². The van der Waals surface area contributed by atoms with Gasteiger partial charge in [0, 0.05) is 22.8 Å². The molecule has 0 spiro atoms. The van der Waals surface area contributed by atoms with E-state index in [1.165, 1.54) is 7.11 Å². The second-order valence-corrected chi connectivity index (χ2v) is 4.75. The summed E-state index contributed by atoms with van der Waals surface area (Å²) >= 11 is 6.18. The van der Waals surface area contributed by atoms with Gasteiger partial charge in [0.2, 0.25) is 0 Å². The van der Waals surface area contributed by atoms with Gasteiger partial charge in [0.1, 0.15) is 5.75 Å². The van der Waals surface area contributed by atoms with Gasteiger partial charge in [-0.15, -0.1) is 0 Å². The Hall–Kier alpha value is -2.20. The van der Waals surface area contributed by atoms with Crippen LogP contribution in [0, 0.1) is 0 Å². The largest absolute Gasteiger partial charge is 0.496 e. The van der Waals surface area contributed by atoms with Gasteiger partial charge in [-0.2, -0.15) is 0 Å². The maximum Gasteiger partial charge on any atom is 0.337 e. The first-order valence-electron chi connectivity index (χ1n) is 6.39. The normalized spacial score (nSPS) is 10.0. The van der Waals surface area contributed by atoms with Crippen LogP contribution in [0.3, 0.4) is 0 Å². The molecule has 0 fully saturated rings. The zero-order valence-corrected chi connectivity index (χ0v) is 12.6. The molecule has 0 amide bonds. The third-order valence-electron chi connectivity index (χ3n) is 3.05. The molecule has 21 heavy (non-hydrogen) atoms. The lowest BCUT2D eigenvalue weighted by Crippen LogP contribution is -2.05. The number of hydrogen-bond acceptors (Lipinski definition) is 4. The van der Waals surface area contributed by atoms with Crippen LogP contribution in [-0.4, -0.2) is 20.2 Å². The zero-order valence-electron chi connectivity index (χ0n) is 11.9. The van der Waals surface area contributed by atoms with Crippen LogP contribution in [0.5, 0.6) is 5.75 Å². The van der Waals surface area contributed by atoms with Crippen molar-refractivity contribution in [2.24, 2.45) is 0 Å². The molecule has 2 rings (SSSR count). The van der Waals surface area contributed by atoms with Gasteiger partial charge in [0.25, 0.3) is 0 Å². The van der Waals surface area contributed by atoms with E-state index in [4.69, 9.17) is 21.1 Å². The molecular weight excluding hydrogens is 290 g/mol. The Bertz CT molecular complexity index is 643. The van der Waals surface area contributed by atoms with Gasteiger partial charge >= 0.3 is 5.97 Å². The fourth-order valence-corrected chi connectivity index (χ4v) is 2.20. The molecule has 0 heterocycles. The lowest BCUT2D eigenvalue weighted by Gasteiger charge is -2.12. The van der Waals surface area contributed by atoms with Gasteiger partial charge < -0.3 is 14.8 Å². The quantitative estimate of drug-likeness (QED) is 0.855. The second kappa shape index (κ2) is 6.99. The van der Waals surface area contributed by atoms with E-state index in [1.54, 1.807) is 25.3 Å². The molecule has 0 radical (unpaired) electrons. The Morgan fingerprint density at radius 3 is 2.67 bits per heavy atom. The lowest BCUT2D eigenvalue weighted by molar-refractivity contribution is 0.0601. The van der Waals surface area contributed by atoms with Gasteiger partial charge in [0.05, 0.1) is 19.8 Å². The number of carbonyl (C=O) groups excluding carboxylic acids is 1. The van der Waals surface area contributed by atoms with E-state index in [9.17, 15) is 4.79 Å². The molecular formula is C16H16ClNO3. The van der Waals surface area contributed by atoms with E-state index in [1.807, 2.05) is 24.3 Å². The van der Waals surface area contributed by atoms with Crippen LogP contribution >= 0.6 is 11.6 Å². The third kappa shape index (κ3) is 3.67. The number of anilines is 1. The Balaban J connectivity index is 2.15. The standard InChI is InChI=1S/C16H16ClNO3/c1-20-15-8-4-7-14(17)13(15)10-18-12-6-3-5-11(9-12)16(19)21-2/h3-9,18H,10H2,1-2H3. The highest BCUT2D eigenvalue weighted by atomic mass is 35.5. The number of rotatable bonds is 5. The molecule has 0 unspecified atom stereocenters. The second-order valence-electron chi connectivity index (χ2n) is 4.35. The maximum absolute atomic E-state index is 11.5. The number of carbonyl (C=O) groups is 1. The summed E-state index contributed by atoms with van der Waals surface area (Å²) in [7, 11) is 2.96. The van der Waals surface area contributed by atoms with Crippen molar-refractivity contribution in [2.45, 2.75) is 6.54 Å². The zero-order chi connectivity index (χ0) is 15.2. The predicted molar refractivity (Wildman–Crippen MR) is 83.1 cm³/mol. The predicted octanol–water partition coefficient (Wildman–Crippen LogP) is 3.75. The highest BCUT2D eigenvalue weighted by Gasteiger charge is 2.09. The van der Waals surface area contributed by atoms with Crippen molar-refractivity contribution in [3.05, 3.63) is 58.6 Å². The summed E-state index contributed by atoms with van der Waals surface area (Å²) in [6, 6.07) is 12.6. The first-order valence-corrected chi connectivity index (χ1v) is 6.77. The average Bonchev–Trinajstić information content (AvgIpc) is 2.53. The Kier molecular flexibility index (Phi) is 5.06. The fraction of sp³-hybridized carbons (Fsp3) is 0.188. The van der Waals surface area contributed by atoms with Crippen molar-refractivity contribution in [3.63, 3.8) is 0 Å². The molecule has 4 nitrogen and oxygen atoms in total. The van der Waals surface area contributed by atoms with Crippen molar-refractivity contribution in [3.8, 4) is 5.75 Å². The highest BCUT2D eigenvalue weighted by Crippen LogP contribution is 2.27.